The zero-order valence-corrected chi connectivity index (χ0v) is 19.0. The highest BCUT2D eigenvalue weighted by molar-refractivity contribution is 5.72. The van der Waals surface area contributed by atoms with Gasteiger partial charge >= 0.3 is 5.97 Å². The average Bonchev–Trinajstić information content (AvgIpc) is 2.68. The van der Waals surface area contributed by atoms with Crippen LogP contribution in [0.2, 0.25) is 0 Å². The summed E-state index contributed by atoms with van der Waals surface area (Å²) in [7, 11) is 0. The zero-order chi connectivity index (χ0) is 22.4. The van der Waals surface area contributed by atoms with Gasteiger partial charge < -0.3 is 10.5 Å². The van der Waals surface area contributed by atoms with E-state index < -0.39 is 4.92 Å². The minimum absolute atomic E-state index is 0.0243. The third-order valence-corrected chi connectivity index (χ3v) is 5.67. The minimum Gasteiger partial charge on any atom is -0.427 e. The topological polar surface area (TPSA) is 95.5 Å². The van der Waals surface area contributed by atoms with Crippen LogP contribution in [0.25, 0.3) is 0 Å². The summed E-state index contributed by atoms with van der Waals surface area (Å²) in [4.78, 5) is 22.3. The fourth-order valence-corrected chi connectivity index (χ4v) is 3.72. The van der Waals surface area contributed by atoms with Crippen molar-refractivity contribution < 1.29 is 14.5 Å². The third-order valence-electron chi connectivity index (χ3n) is 5.67. The Balaban J connectivity index is 2.29. The summed E-state index contributed by atoms with van der Waals surface area (Å²) in [6.45, 7) is 6.37. The maximum atomic E-state index is 12.1. The van der Waals surface area contributed by atoms with Gasteiger partial charge in [-0.3, -0.25) is 14.9 Å². The number of benzene rings is 1. The van der Waals surface area contributed by atoms with Crippen molar-refractivity contribution in [1.29, 1.82) is 0 Å². The van der Waals surface area contributed by atoms with Crippen LogP contribution in [0.15, 0.2) is 24.3 Å². The Morgan fingerprint density at radius 1 is 1.00 bits per heavy atom. The van der Waals surface area contributed by atoms with Gasteiger partial charge in [-0.2, -0.15) is 0 Å². The van der Waals surface area contributed by atoms with Gasteiger partial charge in [-0.1, -0.05) is 58.3 Å². The third kappa shape index (κ3) is 11.3. The molecule has 0 heterocycles. The Hall–Kier alpha value is -1.95. The maximum Gasteiger partial charge on any atom is 0.311 e. The first-order valence-electron chi connectivity index (χ1n) is 11.5. The van der Waals surface area contributed by atoms with Crippen molar-refractivity contribution in [2.75, 3.05) is 0 Å². The molecule has 0 aliphatic heterocycles. The van der Waals surface area contributed by atoms with E-state index in [2.05, 4.69) is 20.8 Å². The highest BCUT2D eigenvalue weighted by Crippen LogP contribution is 2.27. The predicted octanol–water partition coefficient (Wildman–Crippen LogP) is 6.55. The molecule has 0 radical (unpaired) electrons. The van der Waals surface area contributed by atoms with E-state index in [0.717, 1.165) is 19.3 Å². The van der Waals surface area contributed by atoms with Crippen molar-refractivity contribution in [3.63, 3.8) is 0 Å². The second-order valence-corrected chi connectivity index (χ2v) is 8.90. The highest BCUT2D eigenvalue weighted by Gasteiger charge is 2.24. The molecular weight excluding hydrogens is 380 g/mol. The number of nitro groups is 1. The number of ether oxygens (including phenoxy) is 1. The van der Waals surface area contributed by atoms with Crippen LogP contribution in [0.5, 0.6) is 5.75 Å². The average molecular weight is 421 g/mol. The predicted molar refractivity (Wildman–Crippen MR) is 122 cm³/mol. The van der Waals surface area contributed by atoms with Gasteiger partial charge in [-0.25, -0.2) is 0 Å². The molecule has 1 atom stereocenters. The number of rotatable bonds is 16. The number of hydrogen-bond acceptors (Lipinski definition) is 5. The molecule has 0 spiro atoms. The molecule has 2 N–H and O–H groups in total. The van der Waals surface area contributed by atoms with Crippen LogP contribution in [0.1, 0.15) is 97.8 Å². The molecule has 1 aromatic carbocycles. The van der Waals surface area contributed by atoms with Crippen molar-refractivity contribution >= 4 is 11.7 Å². The van der Waals surface area contributed by atoms with Crippen molar-refractivity contribution in [2.45, 2.75) is 103 Å². The van der Waals surface area contributed by atoms with Crippen LogP contribution in [0.4, 0.5) is 5.69 Å². The van der Waals surface area contributed by atoms with Crippen molar-refractivity contribution in [3.8, 4) is 5.75 Å². The van der Waals surface area contributed by atoms with Crippen molar-refractivity contribution in [3.05, 3.63) is 34.4 Å². The summed E-state index contributed by atoms with van der Waals surface area (Å²) in [6, 6.07) is 5.56. The Morgan fingerprint density at radius 2 is 1.53 bits per heavy atom. The summed E-state index contributed by atoms with van der Waals surface area (Å²) in [5, 5.41) is 10.7. The summed E-state index contributed by atoms with van der Waals surface area (Å²) in [5.41, 5.74) is 6.10. The number of hydrogen-bond donors (Lipinski definition) is 1. The molecule has 170 valence electrons. The Kier molecular flexibility index (Phi) is 12.3. The normalized spacial score (nSPS) is 12.5. The van der Waals surface area contributed by atoms with Crippen LogP contribution in [-0.4, -0.2) is 16.4 Å². The monoisotopic (exact) mass is 420 g/mol. The van der Waals surface area contributed by atoms with E-state index in [4.69, 9.17) is 10.5 Å². The Labute approximate surface area is 181 Å². The van der Waals surface area contributed by atoms with E-state index in [9.17, 15) is 14.9 Å². The lowest BCUT2D eigenvalue weighted by Crippen LogP contribution is -2.41. The first-order chi connectivity index (χ1) is 14.2. The standard InChI is InChI=1S/C24H40N2O4/c1-4-5-6-7-8-9-10-11-13-20(24(2,3)25)14-12-15-23(27)30-22-18-16-21(17-19-22)26(28)29/h16-20H,4-15,25H2,1-3H3. The summed E-state index contributed by atoms with van der Waals surface area (Å²) < 4.78 is 5.28. The molecule has 1 unspecified atom stereocenters. The molecule has 0 aliphatic rings. The molecule has 0 aliphatic carbocycles. The van der Waals surface area contributed by atoms with E-state index in [1.165, 1.54) is 75.6 Å². The van der Waals surface area contributed by atoms with Crippen LogP contribution in [-0.2, 0) is 4.79 Å². The van der Waals surface area contributed by atoms with Gasteiger partial charge in [0.25, 0.3) is 5.69 Å². The number of carbonyl (C=O) groups excluding carboxylic acids is 1. The number of esters is 1. The van der Waals surface area contributed by atoms with Gasteiger partial charge in [0.2, 0.25) is 0 Å². The zero-order valence-electron chi connectivity index (χ0n) is 19.0. The number of carbonyl (C=O) groups is 1. The van der Waals surface area contributed by atoms with Gasteiger partial charge in [-0.15, -0.1) is 0 Å². The molecule has 30 heavy (non-hydrogen) atoms. The molecule has 0 fully saturated rings. The molecule has 6 nitrogen and oxygen atoms in total. The van der Waals surface area contributed by atoms with Gasteiger partial charge in [0.1, 0.15) is 5.75 Å². The van der Waals surface area contributed by atoms with Crippen molar-refractivity contribution in [2.24, 2.45) is 11.7 Å². The fraction of sp³-hybridized carbons (Fsp3) is 0.708. The lowest BCUT2D eigenvalue weighted by Gasteiger charge is -2.31. The molecule has 1 rings (SSSR count). The van der Waals surface area contributed by atoms with Gasteiger partial charge in [-0.05, 0) is 51.2 Å². The SMILES string of the molecule is CCCCCCCCCCC(CCCC(=O)Oc1ccc([N+](=O)[O-])cc1)C(C)(C)N. The number of nitro benzene ring substituents is 1. The summed E-state index contributed by atoms with van der Waals surface area (Å²) in [5.74, 6) is 0.398. The largest absolute Gasteiger partial charge is 0.427 e. The van der Waals surface area contributed by atoms with E-state index in [1.54, 1.807) is 0 Å². The van der Waals surface area contributed by atoms with Crippen LogP contribution in [0.3, 0.4) is 0 Å². The molecule has 6 heteroatoms. The number of unbranched alkanes of at least 4 members (excludes halogenated alkanes) is 7. The van der Waals surface area contributed by atoms with Crippen LogP contribution in [0, 0.1) is 16.0 Å². The first kappa shape index (κ1) is 26.1. The fourth-order valence-electron chi connectivity index (χ4n) is 3.72. The van der Waals surface area contributed by atoms with E-state index in [-0.39, 0.29) is 17.2 Å². The second-order valence-electron chi connectivity index (χ2n) is 8.90. The molecule has 0 saturated heterocycles. The molecule has 0 bridgehead atoms. The number of nitrogens with two attached hydrogens (primary N) is 1. The van der Waals surface area contributed by atoms with E-state index >= 15 is 0 Å². The number of nitrogens with zero attached hydrogens (tertiary/aromatic N) is 1. The van der Waals surface area contributed by atoms with Crippen molar-refractivity contribution in [1.82, 2.24) is 0 Å². The lowest BCUT2D eigenvalue weighted by molar-refractivity contribution is -0.384. The number of non-ortho nitro benzene ring substituents is 1. The highest BCUT2D eigenvalue weighted by atomic mass is 16.6. The van der Waals surface area contributed by atoms with E-state index in [1.807, 2.05) is 0 Å². The molecule has 0 aromatic heterocycles. The van der Waals surface area contributed by atoms with Gasteiger partial charge in [0.15, 0.2) is 0 Å². The Bertz CT molecular complexity index is 623. The lowest BCUT2D eigenvalue weighted by atomic mass is 9.81. The second kappa shape index (κ2) is 14.1. The van der Waals surface area contributed by atoms with E-state index in [0.29, 0.717) is 18.1 Å². The first-order valence-corrected chi connectivity index (χ1v) is 11.5. The molecule has 0 amide bonds. The smallest absolute Gasteiger partial charge is 0.311 e. The molecule has 1 aromatic rings. The van der Waals surface area contributed by atoms with Crippen LogP contribution < -0.4 is 10.5 Å². The maximum absolute atomic E-state index is 12.1. The van der Waals surface area contributed by atoms with Gasteiger partial charge in [0.05, 0.1) is 4.92 Å². The Morgan fingerprint density at radius 3 is 2.07 bits per heavy atom. The molecular formula is C24H40N2O4. The minimum atomic E-state index is -0.479. The van der Waals surface area contributed by atoms with Gasteiger partial charge in [0, 0.05) is 24.1 Å². The van der Waals surface area contributed by atoms with Crippen LogP contribution >= 0.6 is 0 Å². The summed E-state index contributed by atoms with van der Waals surface area (Å²) in [6.07, 6.45) is 13.4. The quantitative estimate of drug-likeness (QED) is 0.107. The summed E-state index contributed by atoms with van der Waals surface area (Å²) >= 11 is 0. The molecule has 0 saturated carbocycles.